The number of hydrogen-bond donors (Lipinski definition) is 2. The molecule has 6 heteroatoms. The van der Waals surface area contributed by atoms with E-state index in [2.05, 4.69) is 63.4 Å². The molecule has 1 aromatic carbocycles. The van der Waals surface area contributed by atoms with E-state index in [1.54, 1.807) is 7.11 Å². The van der Waals surface area contributed by atoms with Gasteiger partial charge in [-0.3, -0.25) is 5.10 Å². The number of ether oxygens (including phenoxy) is 2. The maximum absolute atomic E-state index is 6.23. The Kier molecular flexibility index (Phi) is 4.36. The second kappa shape index (κ2) is 6.68. The molecule has 2 heterocycles. The lowest BCUT2D eigenvalue weighted by molar-refractivity contribution is 0.372. The van der Waals surface area contributed by atoms with Crippen LogP contribution in [0.4, 0.5) is 0 Å². The highest BCUT2D eigenvalue weighted by Crippen LogP contribution is 2.47. The van der Waals surface area contributed by atoms with Gasteiger partial charge in [-0.25, -0.2) is 0 Å². The van der Waals surface area contributed by atoms with Gasteiger partial charge >= 0.3 is 0 Å². The monoisotopic (exact) mass is 413 g/mol. The summed E-state index contributed by atoms with van der Waals surface area (Å²) < 4.78 is 12.1. The zero-order chi connectivity index (χ0) is 18.3. The molecule has 1 aliphatic carbocycles. The van der Waals surface area contributed by atoms with E-state index in [0.29, 0.717) is 11.8 Å². The molecule has 0 saturated heterocycles. The van der Waals surface area contributed by atoms with Crippen LogP contribution in [-0.2, 0) is 0 Å². The number of rotatable bonds is 4. The molecule has 0 spiro atoms. The van der Waals surface area contributed by atoms with Crippen LogP contribution in [-0.4, -0.2) is 17.3 Å². The second-order valence-electron chi connectivity index (χ2n) is 6.31. The summed E-state index contributed by atoms with van der Waals surface area (Å²) >= 11 is 3.60. The van der Waals surface area contributed by atoms with Gasteiger partial charge in [-0.05, 0) is 52.0 Å². The third kappa shape index (κ3) is 2.65. The molecular formula is C20H20BrN3O2. The number of fused-ring (bicyclic) bond motifs is 1. The summed E-state index contributed by atoms with van der Waals surface area (Å²) in [5.41, 5.74) is 11.7. The molecule has 0 saturated carbocycles. The molecule has 0 bridgehead atoms. The van der Waals surface area contributed by atoms with Gasteiger partial charge in [0.1, 0.15) is 5.75 Å². The van der Waals surface area contributed by atoms with Gasteiger partial charge in [0.2, 0.25) is 5.88 Å². The quantitative estimate of drug-likeness (QED) is 0.765. The van der Waals surface area contributed by atoms with E-state index < -0.39 is 0 Å². The molecule has 0 radical (unpaired) electrons. The molecule has 1 aliphatic heterocycles. The average molecular weight is 414 g/mol. The lowest BCUT2D eigenvalue weighted by Gasteiger charge is -2.27. The number of halogens is 1. The van der Waals surface area contributed by atoms with Crippen molar-refractivity contribution in [2.24, 2.45) is 5.73 Å². The Labute approximate surface area is 160 Å². The molecule has 3 N–H and O–H groups in total. The zero-order valence-electron chi connectivity index (χ0n) is 14.7. The van der Waals surface area contributed by atoms with Crippen LogP contribution >= 0.6 is 15.9 Å². The van der Waals surface area contributed by atoms with Gasteiger partial charge in [-0.1, -0.05) is 31.2 Å². The number of allylic oxidation sites excluding steroid dienone is 5. The number of nitrogens with one attached hydrogen (secondary N) is 1. The number of aromatic amines is 1. The van der Waals surface area contributed by atoms with Crippen molar-refractivity contribution in [3.63, 3.8) is 0 Å². The molecule has 0 fully saturated rings. The average Bonchev–Trinajstić information content (AvgIpc) is 3.29. The van der Waals surface area contributed by atoms with Crippen molar-refractivity contribution in [3.05, 3.63) is 69.2 Å². The molecule has 0 amide bonds. The molecule has 1 aromatic heterocycles. The first-order valence-corrected chi connectivity index (χ1v) is 9.37. The minimum atomic E-state index is -0.0128. The summed E-state index contributed by atoms with van der Waals surface area (Å²) in [6.07, 6.45) is 7.99. The Morgan fingerprint density at radius 3 is 2.92 bits per heavy atom. The number of benzene rings is 1. The van der Waals surface area contributed by atoms with Crippen molar-refractivity contribution >= 4 is 21.5 Å². The Morgan fingerprint density at radius 1 is 1.42 bits per heavy atom. The van der Waals surface area contributed by atoms with E-state index in [1.165, 1.54) is 5.57 Å². The van der Waals surface area contributed by atoms with E-state index in [1.807, 2.05) is 6.07 Å². The molecule has 5 nitrogen and oxygen atoms in total. The number of aromatic nitrogens is 2. The summed E-state index contributed by atoms with van der Waals surface area (Å²) in [6, 6.07) is 6.12. The number of nitrogens with two attached hydrogens (primary N) is 1. The highest BCUT2D eigenvalue weighted by Gasteiger charge is 2.35. The van der Waals surface area contributed by atoms with Gasteiger partial charge in [-0.2, -0.15) is 0 Å². The minimum Gasteiger partial charge on any atom is -0.496 e. The van der Waals surface area contributed by atoms with Gasteiger partial charge in [0, 0.05) is 11.5 Å². The first-order chi connectivity index (χ1) is 12.6. The fraction of sp³-hybridized carbons (Fsp3) is 0.250. The number of nitrogens with zero attached hydrogens (tertiary/aromatic N) is 1. The van der Waals surface area contributed by atoms with Gasteiger partial charge in [0.15, 0.2) is 5.88 Å². The number of hydrogen-bond acceptors (Lipinski definition) is 4. The summed E-state index contributed by atoms with van der Waals surface area (Å²) in [6.45, 7) is 2.10. The molecule has 1 unspecified atom stereocenters. The molecule has 4 rings (SSSR count). The van der Waals surface area contributed by atoms with Crippen LogP contribution in [0.3, 0.4) is 0 Å². The Hall–Kier alpha value is -2.47. The maximum Gasteiger partial charge on any atom is 0.244 e. The first-order valence-electron chi connectivity index (χ1n) is 8.58. The summed E-state index contributed by atoms with van der Waals surface area (Å²) in [4.78, 5) is 0. The SMILES string of the molecule is CCC1=C(N)Oc2n[nH]c(C3=CC=CC3)c2C1c1ccc(OC)c(Br)c1. The van der Waals surface area contributed by atoms with Crippen molar-refractivity contribution in [1.29, 1.82) is 0 Å². The highest BCUT2D eigenvalue weighted by atomic mass is 79.9. The first kappa shape index (κ1) is 17.0. The molecule has 26 heavy (non-hydrogen) atoms. The zero-order valence-corrected chi connectivity index (χ0v) is 16.3. The van der Waals surface area contributed by atoms with Gasteiger partial charge in [-0.15, -0.1) is 5.10 Å². The molecule has 1 atom stereocenters. The van der Waals surface area contributed by atoms with Crippen LogP contribution in [0.15, 0.2) is 52.4 Å². The molecule has 2 aliphatic rings. The van der Waals surface area contributed by atoms with Gasteiger partial charge < -0.3 is 15.2 Å². The van der Waals surface area contributed by atoms with Crippen molar-refractivity contribution in [3.8, 4) is 11.6 Å². The van der Waals surface area contributed by atoms with E-state index in [9.17, 15) is 0 Å². The van der Waals surface area contributed by atoms with E-state index >= 15 is 0 Å². The standard InChI is InChI=1S/C20H20BrN3O2/c1-3-13-16(12-8-9-15(25-2)14(21)10-12)17-18(11-6-4-5-7-11)23-24-20(17)26-19(13)22/h4-6,8-10,16H,3,7,22H2,1-2H3,(H,23,24). The molecular weight excluding hydrogens is 394 g/mol. The topological polar surface area (TPSA) is 73.2 Å². The normalized spacial score (nSPS) is 18.6. The fourth-order valence-corrected chi connectivity index (χ4v) is 4.21. The van der Waals surface area contributed by atoms with Crippen molar-refractivity contribution < 1.29 is 9.47 Å². The third-order valence-electron chi connectivity index (χ3n) is 4.91. The predicted octanol–water partition coefficient (Wildman–Crippen LogP) is 4.63. The van der Waals surface area contributed by atoms with Crippen molar-refractivity contribution in [2.45, 2.75) is 25.7 Å². The van der Waals surface area contributed by atoms with Crippen LogP contribution in [0.5, 0.6) is 11.6 Å². The van der Waals surface area contributed by atoms with Crippen molar-refractivity contribution in [2.75, 3.05) is 7.11 Å². The smallest absolute Gasteiger partial charge is 0.244 e. The van der Waals surface area contributed by atoms with Gasteiger partial charge in [0.25, 0.3) is 0 Å². The lowest BCUT2D eigenvalue weighted by atomic mass is 9.81. The fourth-order valence-electron chi connectivity index (χ4n) is 3.65. The lowest BCUT2D eigenvalue weighted by Crippen LogP contribution is -2.21. The molecule has 2 aromatic rings. The number of H-pyrrole nitrogens is 1. The molecule has 134 valence electrons. The summed E-state index contributed by atoms with van der Waals surface area (Å²) in [5, 5.41) is 7.54. The Balaban J connectivity index is 1.89. The van der Waals surface area contributed by atoms with Crippen LogP contribution in [0, 0.1) is 0 Å². The van der Waals surface area contributed by atoms with Gasteiger partial charge in [0.05, 0.1) is 22.8 Å². The Bertz CT molecular complexity index is 956. The van der Waals surface area contributed by atoms with E-state index in [-0.39, 0.29) is 5.92 Å². The Morgan fingerprint density at radius 2 is 2.27 bits per heavy atom. The van der Waals surface area contributed by atoms with Crippen LogP contribution in [0.2, 0.25) is 0 Å². The van der Waals surface area contributed by atoms with Crippen LogP contribution in [0.25, 0.3) is 5.57 Å². The minimum absolute atomic E-state index is 0.0128. The second-order valence-corrected chi connectivity index (χ2v) is 7.17. The number of methoxy groups -OCH3 is 1. The predicted molar refractivity (Wildman–Crippen MR) is 105 cm³/mol. The maximum atomic E-state index is 6.23. The van der Waals surface area contributed by atoms with Crippen molar-refractivity contribution in [1.82, 2.24) is 10.2 Å². The van der Waals surface area contributed by atoms with Crippen LogP contribution < -0.4 is 15.2 Å². The summed E-state index contributed by atoms with van der Waals surface area (Å²) in [5.74, 6) is 1.78. The largest absolute Gasteiger partial charge is 0.496 e. The highest BCUT2D eigenvalue weighted by molar-refractivity contribution is 9.10. The summed E-state index contributed by atoms with van der Waals surface area (Å²) in [7, 11) is 1.66. The van der Waals surface area contributed by atoms with Crippen LogP contribution in [0.1, 0.15) is 42.5 Å². The third-order valence-corrected chi connectivity index (χ3v) is 5.53. The van der Waals surface area contributed by atoms with E-state index in [0.717, 1.165) is 45.5 Å². The van der Waals surface area contributed by atoms with E-state index in [4.69, 9.17) is 15.2 Å².